The Bertz CT molecular complexity index is 127. The fourth-order valence-electron chi connectivity index (χ4n) is 1.43. The molecule has 2 atom stereocenters. The summed E-state index contributed by atoms with van der Waals surface area (Å²) >= 11 is 0. The van der Waals surface area contributed by atoms with Gasteiger partial charge in [-0.05, 0) is 13.8 Å². The van der Waals surface area contributed by atoms with E-state index >= 15 is 0 Å². The van der Waals surface area contributed by atoms with Crippen LogP contribution in [0.25, 0.3) is 0 Å². The lowest BCUT2D eigenvalue weighted by Gasteiger charge is -2.40. The summed E-state index contributed by atoms with van der Waals surface area (Å²) in [6, 6.07) is 0.551. The van der Waals surface area contributed by atoms with Gasteiger partial charge in [-0.3, -0.25) is 4.79 Å². The molecule has 0 saturated carbocycles. The van der Waals surface area contributed by atoms with Crippen molar-refractivity contribution in [2.24, 2.45) is 11.7 Å². The Labute approximate surface area is 54.6 Å². The highest BCUT2D eigenvalue weighted by Gasteiger charge is 2.37. The molecule has 3 nitrogen and oxygen atoms in total. The van der Waals surface area contributed by atoms with Crippen LogP contribution in [0.4, 0.5) is 0 Å². The van der Waals surface area contributed by atoms with Gasteiger partial charge in [0.25, 0.3) is 0 Å². The van der Waals surface area contributed by atoms with Crippen LogP contribution in [0.5, 0.6) is 0 Å². The maximum absolute atomic E-state index is 10.6. The van der Waals surface area contributed by atoms with Gasteiger partial charge in [-0.25, -0.2) is 0 Å². The zero-order valence-corrected chi connectivity index (χ0v) is 5.72. The molecule has 0 spiro atoms. The van der Waals surface area contributed by atoms with Crippen molar-refractivity contribution in [3.05, 3.63) is 0 Å². The summed E-state index contributed by atoms with van der Waals surface area (Å²) in [6.45, 7) is 3.94. The van der Waals surface area contributed by atoms with E-state index in [9.17, 15) is 4.79 Å². The molecule has 0 aromatic heterocycles. The Morgan fingerprint density at radius 3 is 2.00 bits per heavy atom. The molecule has 9 heavy (non-hydrogen) atoms. The van der Waals surface area contributed by atoms with Crippen LogP contribution in [0, 0.1) is 5.92 Å². The predicted octanol–water partition coefficient (Wildman–Crippen LogP) is -0.532. The number of nitrogens with two attached hydrogens (primary N) is 1. The number of carbonyl (C=O) groups is 1. The van der Waals surface area contributed by atoms with Crippen LogP contribution in [0.3, 0.4) is 0 Å². The number of hydrogen-bond acceptors (Lipinski definition) is 2. The fraction of sp³-hybridized carbons (Fsp3) is 0.833. The lowest BCUT2D eigenvalue weighted by atomic mass is 9.84. The second kappa shape index (κ2) is 1.99. The maximum Gasteiger partial charge on any atom is 0.223 e. The lowest BCUT2D eigenvalue weighted by Crippen LogP contribution is -2.62. The molecule has 3 heteroatoms. The van der Waals surface area contributed by atoms with Gasteiger partial charge in [-0.15, -0.1) is 0 Å². The molecule has 1 saturated heterocycles. The molecule has 1 amide bonds. The second-order valence-electron chi connectivity index (χ2n) is 2.67. The molecule has 1 aliphatic rings. The van der Waals surface area contributed by atoms with E-state index in [0.717, 1.165) is 0 Å². The van der Waals surface area contributed by atoms with Crippen molar-refractivity contribution in [3.63, 3.8) is 0 Å². The Hall–Kier alpha value is -0.570. The highest BCUT2D eigenvalue weighted by atomic mass is 16.1. The van der Waals surface area contributed by atoms with Crippen LogP contribution in [-0.2, 0) is 4.79 Å². The van der Waals surface area contributed by atoms with Crippen molar-refractivity contribution in [2.75, 3.05) is 0 Å². The van der Waals surface area contributed by atoms with Gasteiger partial charge in [0.2, 0.25) is 5.91 Å². The van der Waals surface area contributed by atoms with Gasteiger partial charge in [0.15, 0.2) is 0 Å². The third-order valence-corrected chi connectivity index (χ3v) is 1.93. The van der Waals surface area contributed by atoms with Crippen LogP contribution < -0.4 is 11.1 Å². The van der Waals surface area contributed by atoms with Crippen molar-refractivity contribution in [1.29, 1.82) is 0 Å². The van der Waals surface area contributed by atoms with Gasteiger partial charge >= 0.3 is 0 Å². The minimum atomic E-state index is -0.186. The molecule has 1 aliphatic heterocycles. The van der Waals surface area contributed by atoms with Gasteiger partial charge < -0.3 is 11.1 Å². The first-order valence-electron chi connectivity index (χ1n) is 3.18. The van der Waals surface area contributed by atoms with Crippen molar-refractivity contribution in [1.82, 2.24) is 5.32 Å². The quantitative estimate of drug-likeness (QED) is 0.498. The predicted molar refractivity (Wildman–Crippen MR) is 34.7 cm³/mol. The van der Waals surface area contributed by atoms with Crippen molar-refractivity contribution in [3.8, 4) is 0 Å². The van der Waals surface area contributed by atoms with E-state index in [4.69, 9.17) is 5.73 Å². The average Bonchev–Trinajstić information content (AvgIpc) is 1.62. The monoisotopic (exact) mass is 128 g/mol. The van der Waals surface area contributed by atoms with E-state index in [1.54, 1.807) is 0 Å². The highest BCUT2D eigenvalue weighted by Crippen LogP contribution is 2.18. The molecule has 1 heterocycles. The molecule has 3 N–H and O–H groups in total. The van der Waals surface area contributed by atoms with Crippen LogP contribution in [-0.4, -0.2) is 18.0 Å². The minimum Gasteiger partial charge on any atom is -0.369 e. The zero-order chi connectivity index (χ0) is 7.02. The first-order chi connectivity index (χ1) is 4.13. The van der Waals surface area contributed by atoms with Crippen molar-refractivity contribution in [2.45, 2.75) is 25.9 Å². The van der Waals surface area contributed by atoms with E-state index < -0.39 is 0 Å². The fourth-order valence-corrected chi connectivity index (χ4v) is 1.43. The van der Waals surface area contributed by atoms with Crippen LogP contribution in [0.1, 0.15) is 13.8 Å². The smallest absolute Gasteiger partial charge is 0.223 e. The Morgan fingerprint density at radius 2 is 1.89 bits per heavy atom. The number of primary amides is 1. The molecule has 1 rings (SSSR count). The molecule has 0 radical (unpaired) electrons. The third kappa shape index (κ3) is 0.920. The molecule has 0 aliphatic carbocycles. The summed E-state index contributed by atoms with van der Waals surface area (Å²) in [7, 11) is 0. The van der Waals surface area contributed by atoms with Crippen molar-refractivity contribution < 1.29 is 4.79 Å². The number of rotatable bonds is 1. The number of nitrogens with one attached hydrogen (secondary N) is 1. The highest BCUT2D eigenvalue weighted by molar-refractivity contribution is 5.79. The normalized spacial score (nSPS) is 41.8. The summed E-state index contributed by atoms with van der Waals surface area (Å²) in [5.41, 5.74) is 5.10. The summed E-state index contributed by atoms with van der Waals surface area (Å²) in [6.07, 6.45) is 0. The van der Waals surface area contributed by atoms with Gasteiger partial charge in [-0.2, -0.15) is 0 Å². The number of hydrogen-bond donors (Lipinski definition) is 2. The Kier molecular flexibility index (Phi) is 1.45. The summed E-state index contributed by atoms with van der Waals surface area (Å²) < 4.78 is 0. The topological polar surface area (TPSA) is 55.1 Å². The summed E-state index contributed by atoms with van der Waals surface area (Å²) in [5.74, 6) is -0.140. The third-order valence-electron chi connectivity index (χ3n) is 1.93. The standard InChI is InChI=1S/C6H12N2O/c1-3-5(6(7)9)4(2)8-3/h3-5,8H,1-2H3,(H2,7,9). The van der Waals surface area contributed by atoms with Crippen LogP contribution in [0.2, 0.25) is 0 Å². The molecular weight excluding hydrogens is 116 g/mol. The van der Waals surface area contributed by atoms with Crippen molar-refractivity contribution >= 4 is 5.91 Å². The molecule has 52 valence electrons. The maximum atomic E-state index is 10.6. The van der Waals surface area contributed by atoms with E-state index in [1.807, 2.05) is 13.8 Å². The average molecular weight is 128 g/mol. The van der Waals surface area contributed by atoms with E-state index in [0.29, 0.717) is 0 Å². The molecular formula is C6H12N2O. The first kappa shape index (κ1) is 6.55. The minimum absolute atomic E-state index is 0.0463. The molecule has 1 fully saturated rings. The molecule has 0 bridgehead atoms. The van der Waals surface area contributed by atoms with Crippen LogP contribution in [0.15, 0.2) is 0 Å². The summed E-state index contributed by atoms with van der Waals surface area (Å²) in [5, 5.41) is 3.14. The van der Waals surface area contributed by atoms with E-state index in [2.05, 4.69) is 5.32 Å². The molecule has 0 aromatic carbocycles. The van der Waals surface area contributed by atoms with Gasteiger partial charge in [0.1, 0.15) is 0 Å². The Balaban J connectivity index is 2.49. The van der Waals surface area contributed by atoms with Gasteiger partial charge in [-0.1, -0.05) is 0 Å². The van der Waals surface area contributed by atoms with E-state index in [-0.39, 0.29) is 23.9 Å². The molecule has 0 aromatic rings. The number of carbonyl (C=O) groups excluding carboxylic acids is 1. The van der Waals surface area contributed by atoms with Gasteiger partial charge in [0.05, 0.1) is 5.92 Å². The van der Waals surface area contributed by atoms with Crippen LogP contribution >= 0.6 is 0 Å². The largest absolute Gasteiger partial charge is 0.369 e. The zero-order valence-electron chi connectivity index (χ0n) is 5.72. The lowest BCUT2D eigenvalue weighted by molar-refractivity contribution is -0.126. The SMILES string of the molecule is CC1NC(C)C1C(N)=O. The van der Waals surface area contributed by atoms with Gasteiger partial charge in [0, 0.05) is 12.1 Å². The van der Waals surface area contributed by atoms with E-state index in [1.165, 1.54) is 0 Å². The number of amides is 1. The summed E-state index contributed by atoms with van der Waals surface area (Å²) in [4.78, 5) is 10.6. The Morgan fingerprint density at radius 1 is 1.44 bits per heavy atom. The second-order valence-corrected chi connectivity index (χ2v) is 2.67. The first-order valence-corrected chi connectivity index (χ1v) is 3.18. The molecule has 2 unspecified atom stereocenters.